The van der Waals surface area contributed by atoms with E-state index in [1.807, 2.05) is 84.9 Å². The summed E-state index contributed by atoms with van der Waals surface area (Å²) in [5.41, 5.74) is 6.64. The highest BCUT2D eigenvalue weighted by molar-refractivity contribution is 5.82. The standard InChI is InChI=1S/C28H28NO4.C20H18O3/c1-30-25-13-5-21(6-14-25)29(22-7-15-26(31-2)16-8-22,23-9-17-27(32-3)18-10-23)24-11-19-28(33-4)20-12-24;1-20(14-2-8-17(21)9-3-14,15-4-10-18(22)11-5-15)16-6-12-19(23)13-7-16/h5-20H,1-4H3;2-13,21-23H,1H3/q+1;/p-1. The van der Waals surface area contributed by atoms with Gasteiger partial charge in [-0.2, -0.15) is 4.48 Å². The fourth-order valence-corrected chi connectivity index (χ4v) is 7.00. The zero-order chi connectivity index (χ0) is 39.7. The van der Waals surface area contributed by atoms with E-state index in [-0.39, 0.29) is 17.2 Å². The third kappa shape index (κ3) is 7.83. The SMILES string of the molecule is CC(c1ccc([O-])cc1)(c1ccc(O)cc1)c1ccc(O)cc1.COc1ccc([N+](c2ccc(OC)cc2)(c2ccc(OC)cc2)c2ccc(OC)cc2)cc1. The maximum absolute atomic E-state index is 11.4. The molecule has 0 amide bonds. The molecule has 56 heavy (non-hydrogen) atoms. The van der Waals surface area contributed by atoms with Gasteiger partial charge in [-0.05, 0) is 96.4 Å². The monoisotopic (exact) mass is 747 g/mol. The van der Waals surface area contributed by atoms with E-state index in [1.165, 1.54) is 0 Å². The first-order chi connectivity index (χ1) is 27.1. The molecule has 2 N–H and O–H groups in total. The predicted octanol–water partition coefficient (Wildman–Crippen LogP) is 10.5. The summed E-state index contributed by atoms with van der Waals surface area (Å²) in [7, 11) is 6.70. The molecule has 0 heterocycles. The minimum absolute atomic E-state index is 0.0347. The summed E-state index contributed by atoms with van der Waals surface area (Å²) >= 11 is 0. The lowest BCUT2D eigenvalue weighted by molar-refractivity contribution is -0.268. The van der Waals surface area contributed by atoms with Crippen LogP contribution < -0.4 is 28.5 Å². The molecule has 0 aliphatic rings. The molecule has 0 spiro atoms. The van der Waals surface area contributed by atoms with Crippen LogP contribution in [0.15, 0.2) is 170 Å². The first-order valence-corrected chi connectivity index (χ1v) is 18.0. The van der Waals surface area contributed by atoms with Gasteiger partial charge in [-0.3, -0.25) is 0 Å². The molecule has 7 aromatic carbocycles. The van der Waals surface area contributed by atoms with E-state index in [9.17, 15) is 15.3 Å². The Hall–Kier alpha value is -6.90. The van der Waals surface area contributed by atoms with E-state index in [2.05, 4.69) is 55.5 Å². The van der Waals surface area contributed by atoms with Gasteiger partial charge < -0.3 is 34.3 Å². The maximum Gasteiger partial charge on any atom is 0.148 e. The van der Waals surface area contributed by atoms with Crippen LogP contribution in [0, 0.1) is 0 Å². The first-order valence-electron chi connectivity index (χ1n) is 18.0. The van der Waals surface area contributed by atoms with Crippen LogP contribution in [0.1, 0.15) is 23.6 Å². The summed E-state index contributed by atoms with van der Waals surface area (Å²) in [6, 6.07) is 53.4. The number of quaternary nitrogens is 1. The van der Waals surface area contributed by atoms with Gasteiger partial charge in [0.1, 0.15) is 57.2 Å². The summed E-state index contributed by atoms with van der Waals surface area (Å²) in [4.78, 5) is 0. The minimum Gasteiger partial charge on any atom is -0.872 e. The number of nitrogens with zero attached hydrogens (tertiary/aromatic N) is 1. The molecule has 8 heteroatoms. The van der Waals surface area contributed by atoms with Crippen molar-refractivity contribution in [1.82, 2.24) is 4.48 Å². The Kier molecular flexibility index (Phi) is 11.8. The molecule has 0 aromatic heterocycles. The van der Waals surface area contributed by atoms with Crippen molar-refractivity contribution in [2.24, 2.45) is 0 Å². The van der Waals surface area contributed by atoms with Crippen molar-refractivity contribution in [2.45, 2.75) is 12.3 Å². The quantitative estimate of drug-likeness (QED) is 0.100. The number of phenolic OH excluding ortho intramolecular Hbond substituents is 2. The number of rotatable bonds is 11. The van der Waals surface area contributed by atoms with Crippen molar-refractivity contribution in [2.75, 3.05) is 28.4 Å². The van der Waals surface area contributed by atoms with E-state index < -0.39 is 5.41 Å². The number of aromatic hydroxyl groups is 2. The summed E-state index contributed by atoms with van der Waals surface area (Å²) in [5.74, 6) is 3.58. The number of methoxy groups -OCH3 is 4. The van der Waals surface area contributed by atoms with Crippen molar-refractivity contribution >= 4 is 22.7 Å². The highest BCUT2D eigenvalue weighted by atomic mass is 16.5. The highest BCUT2D eigenvalue weighted by Crippen LogP contribution is 2.52. The maximum atomic E-state index is 11.4. The lowest BCUT2D eigenvalue weighted by Crippen LogP contribution is -2.33. The number of phenols is 2. The molecule has 0 saturated heterocycles. The number of hydrogen-bond acceptors (Lipinski definition) is 7. The number of hydrogen-bond donors (Lipinski definition) is 2. The topological polar surface area (TPSA) is 100 Å². The Morgan fingerprint density at radius 2 is 0.607 bits per heavy atom. The average molecular weight is 748 g/mol. The molecule has 0 saturated carbocycles. The highest BCUT2D eigenvalue weighted by Gasteiger charge is 2.39. The van der Waals surface area contributed by atoms with Crippen LogP contribution in [-0.4, -0.2) is 38.7 Å². The Bertz CT molecular complexity index is 1980. The molecule has 0 unspecified atom stereocenters. The minimum atomic E-state index is -0.505. The van der Waals surface area contributed by atoms with Crippen molar-refractivity contribution in [3.8, 4) is 40.2 Å². The molecular weight excluding hydrogens is 703 g/mol. The zero-order valence-electron chi connectivity index (χ0n) is 32.0. The van der Waals surface area contributed by atoms with Crippen LogP contribution in [0.4, 0.5) is 22.7 Å². The number of ether oxygens (including phenoxy) is 4. The largest absolute Gasteiger partial charge is 0.872 e. The Morgan fingerprint density at radius 3 is 0.839 bits per heavy atom. The van der Waals surface area contributed by atoms with Crippen LogP contribution in [-0.2, 0) is 5.41 Å². The molecule has 0 aliphatic carbocycles. The van der Waals surface area contributed by atoms with Gasteiger partial charge in [0.05, 0.1) is 28.4 Å². The molecule has 284 valence electrons. The van der Waals surface area contributed by atoms with Crippen molar-refractivity contribution < 1.29 is 34.3 Å². The van der Waals surface area contributed by atoms with E-state index in [1.54, 1.807) is 64.8 Å². The van der Waals surface area contributed by atoms with E-state index >= 15 is 0 Å². The predicted molar refractivity (Wildman–Crippen MR) is 220 cm³/mol. The molecule has 0 fully saturated rings. The Labute approximate surface area is 328 Å². The second kappa shape index (κ2) is 17.1. The lowest BCUT2D eigenvalue weighted by atomic mass is 9.71. The van der Waals surface area contributed by atoms with E-state index in [0.717, 1.165) is 62.4 Å². The van der Waals surface area contributed by atoms with Gasteiger partial charge >= 0.3 is 0 Å². The smallest absolute Gasteiger partial charge is 0.148 e. The first kappa shape index (κ1) is 38.8. The zero-order valence-corrected chi connectivity index (χ0v) is 32.0. The van der Waals surface area contributed by atoms with Crippen LogP contribution in [0.2, 0.25) is 0 Å². The van der Waals surface area contributed by atoms with E-state index in [0.29, 0.717) is 4.48 Å². The van der Waals surface area contributed by atoms with Gasteiger partial charge in [0.15, 0.2) is 0 Å². The Morgan fingerprint density at radius 1 is 0.375 bits per heavy atom. The molecule has 7 aromatic rings. The van der Waals surface area contributed by atoms with Gasteiger partial charge in [0.25, 0.3) is 0 Å². The average Bonchev–Trinajstić information content (AvgIpc) is 3.25. The second-order valence-corrected chi connectivity index (χ2v) is 13.2. The van der Waals surface area contributed by atoms with Crippen molar-refractivity contribution in [3.05, 3.63) is 187 Å². The third-order valence-corrected chi connectivity index (χ3v) is 10.2. The fraction of sp³-hybridized carbons (Fsp3) is 0.125. The summed E-state index contributed by atoms with van der Waals surface area (Å²) in [6.45, 7) is 2.06. The third-order valence-electron chi connectivity index (χ3n) is 10.2. The molecule has 0 bridgehead atoms. The van der Waals surface area contributed by atoms with Gasteiger partial charge in [-0.1, -0.05) is 48.5 Å². The summed E-state index contributed by atoms with van der Waals surface area (Å²) in [5, 5.41) is 30.6. The van der Waals surface area contributed by atoms with Crippen LogP contribution in [0.5, 0.6) is 40.2 Å². The van der Waals surface area contributed by atoms with Crippen molar-refractivity contribution in [1.29, 1.82) is 0 Å². The molecule has 0 radical (unpaired) electrons. The molecule has 8 nitrogen and oxygen atoms in total. The van der Waals surface area contributed by atoms with Crippen LogP contribution in [0.3, 0.4) is 0 Å². The van der Waals surface area contributed by atoms with Gasteiger partial charge in [-0.25, -0.2) is 0 Å². The summed E-state index contributed by atoms with van der Waals surface area (Å²) in [6.07, 6.45) is 0. The molecule has 0 aliphatic heterocycles. The molecule has 0 atom stereocenters. The molecule has 7 rings (SSSR count). The second-order valence-electron chi connectivity index (χ2n) is 13.2. The fourth-order valence-electron chi connectivity index (χ4n) is 7.00. The normalized spacial score (nSPS) is 11.2. The van der Waals surface area contributed by atoms with Gasteiger partial charge in [0.2, 0.25) is 0 Å². The molecular formula is C48H45NO7. The van der Waals surface area contributed by atoms with Crippen molar-refractivity contribution in [3.63, 3.8) is 0 Å². The van der Waals surface area contributed by atoms with Gasteiger partial charge in [-0.15, -0.1) is 5.75 Å². The van der Waals surface area contributed by atoms with E-state index in [4.69, 9.17) is 18.9 Å². The lowest BCUT2D eigenvalue weighted by Gasteiger charge is -2.37. The van der Waals surface area contributed by atoms with Gasteiger partial charge in [0, 0.05) is 53.9 Å². The summed E-state index contributed by atoms with van der Waals surface area (Å²) < 4.78 is 22.1. The number of benzene rings is 7. The Balaban J connectivity index is 0.000000202. The van der Waals surface area contributed by atoms with Crippen LogP contribution >= 0.6 is 0 Å². The van der Waals surface area contributed by atoms with Crippen LogP contribution in [0.25, 0.3) is 0 Å².